The molecule has 0 fully saturated rings. The molecule has 5 nitrogen and oxygen atoms in total. The molecule has 0 rings (SSSR count). The van der Waals surface area contributed by atoms with Crippen molar-refractivity contribution < 1.29 is 19.8 Å². The van der Waals surface area contributed by atoms with E-state index < -0.39 is 24.4 Å². The highest BCUT2D eigenvalue weighted by molar-refractivity contribution is 5.80. The van der Waals surface area contributed by atoms with Gasteiger partial charge in [0.05, 0.1) is 6.42 Å². The molecule has 0 saturated heterocycles. The molecule has 0 aromatic heterocycles. The van der Waals surface area contributed by atoms with E-state index in [2.05, 4.69) is 38.2 Å². The van der Waals surface area contributed by atoms with Crippen molar-refractivity contribution >= 4 is 11.9 Å². The minimum Gasteiger partial charge on any atom is -0.481 e. The van der Waals surface area contributed by atoms with Gasteiger partial charge in [-0.25, -0.2) is 0 Å². The molecular weight excluding hydrogens is 306 g/mol. The Bertz CT molecular complexity index is 499. The molecule has 1 atom stereocenters. The van der Waals surface area contributed by atoms with E-state index in [4.69, 9.17) is 10.2 Å². The minimum absolute atomic E-state index is 0.360. The summed E-state index contributed by atoms with van der Waals surface area (Å²) >= 11 is 0. The van der Waals surface area contributed by atoms with Crippen molar-refractivity contribution in [3.63, 3.8) is 0 Å². The van der Waals surface area contributed by atoms with Crippen molar-refractivity contribution in [1.29, 1.82) is 0 Å². The summed E-state index contributed by atoms with van der Waals surface area (Å²) in [5, 5.41) is 20.3. The summed E-state index contributed by atoms with van der Waals surface area (Å²) in [6.07, 6.45) is 10.0. The van der Waals surface area contributed by atoms with Crippen LogP contribution in [0, 0.1) is 0 Å². The molecule has 0 bridgehead atoms. The number of rotatable bonds is 12. The number of hydrogen-bond acceptors (Lipinski definition) is 3. The van der Waals surface area contributed by atoms with Crippen LogP contribution in [0.1, 0.15) is 59.8 Å². The van der Waals surface area contributed by atoms with Gasteiger partial charge in [-0.05, 0) is 53.4 Å². The van der Waals surface area contributed by atoms with E-state index in [1.165, 1.54) is 11.1 Å². The normalized spacial score (nSPS) is 13.5. The van der Waals surface area contributed by atoms with Gasteiger partial charge in [0, 0.05) is 6.54 Å². The van der Waals surface area contributed by atoms with Gasteiger partial charge < -0.3 is 15.5 Å². The van der Waals surface area contributed by atoms with Crippen molar-refractivity contribution in [3.05, 3.63) is 34.9 Å². The molecule has 136 valence electrons. The molecule has 0 saturated carbocycles. The van der Waals surface area contributed by atoms with Crippen LogP contribution in [0.25, 0.3) is 0 Å². The smallest absolute Gasteiger partial charge is 0.321 e. The van der Waals surface area contributed by atoms with Crippen molar-refractivity contribution in [2.24, 2.45) is 0 Å². The number of carboxylic acids is 2. The van der Waals surface area contributed by atoms with Crippen LogP contribution in [0.5, 0.6) is 0 Å². The molecule has 5 heteroatoms. The SMILES string of the molecule is CC(C)=CCCC(C)=CCCC(C)=CCNC(CC(=O)O)C(=O)O. The van der Waals surface area contributed by atoms with Gasteiger partial charge in [-0.1, -0.05) is 34.9 Å². The predicted octanol–water partition coefficient (Wildman–Crippen LogP) is 3.92. The standard InChI is InChI=1S/C19H31NO4/c1-14(2)7-5-8-15(3)9-6-10-16(4)11-12-20-17(19(23)24)13-18(21)22/h7,9,11,17,20H,5-6,8,10,12-13H2,1-4H3,(H,21,22)(H,23,24). The van der Waals surface area contributed by atoms with Gasteiger partial charge in [0.25, 0.3) is 0 Å². The molecule has 0 aromatic rings. The number of hydrogen-bond donors (Lipinski definition) is 3. The quantitative estimate of drug-likeness (QED) is 0.470. The van der Waals surface area contributed by atoms with Gasteiger partial charge in [-0.2, -0.15) is 0 Å². The van der Waals surface area contributed by atoms with Crippen molar-refractivity contribution in [3.8, 4) is 0 Å². The largest absolute Gasteiger partial charge is 0.481 e. The molecule has 0 aliphatic heterocycles. The van der Waals surface area contributed by atoms with Crippen LogP contribution in [-0.2, 0) is 9.59 Å². The Morgan fingerprint density at radius 2 is 1.46 bits per heavy atom. The molecule has 0 amide bonds. The predicted molar refractivity (Wildman–Crippen MR) is 97.1 cm³/mol. The highest BCUT2D eigenvalue weighted by Crippen LogP contribution is 2.11. The maximum Gasteiger partial charge on any atom is 0.321 e. The van der Waals surface area contributed by atoms with Crippen molar-refractivity contribution in [1.82, 2.24) is 5.32 Å². The van der Waals surface area contributed by atoms with Crippen LogP contribution in [0.4, 0.5) is 0 Å². The Kier molecular flexibility index (Phi) is 11.5. The number of nitrogens with one attached hydrogen (secondary N) is 1. The summed E-state index contributed by atoms with van der Waals surface area (Å²) < 4.78 is 0. The summed E-state index contributed by atoms with van der Waals surface area (Å²) in [5.41, 5.74) is 3.89. The van der Waals surface area contributed by atoms with E-state index in [0.717, 1.165) is 31.3 Å². The van der Waals surface area contributed by atoms with Gasteiger partial charge in [0.15, 0.2) is 0 Å². The monoisotopic (exact) mass is 337 g/mol. The lowest BCUT2D eigenvalue weighted by atomic mass is 10.1. The van der Waals surface area contributed by atoms with Crippen molar-refractivity contribution in [2.75, 3.05) is 6.54 Å². The first-order valence-electron chi connectivity index (χ1n) is 8.35. The highest BCUT2D eigenvalue weighted by Gasteiger charge is 2.19. The van der Waals surface area contributed by atoms with Gasteiger partial charge in [-0.3, -0.25) is 9.59 Å². The Morgan fingerprint density at radius 1 is 0.917 bits per heavy atom. The summed E-state index contributed by atoms with van der Waals surface area (Å²) in [4.78, 5) is 21.5. The van der Waals surface area contributed by atoms with E-state index in [-0.39, 0.29) is 0 Å². The second kappa shape index (κ2) is 12.5. The molecule has 0 heterocycles. The maximum atomic E-state index is 10.9. The van der Waals surface area contributed by atoms with Gasteiger partial charge in [0.1, 0.15) is 6.04 Å². The third-order valence-electron chi connectivity index (χ3n) is 3.61. The van der Waals surface area contributed by atoms with Crippen LogP contribution < -0.4 is 5.32 Å². The lowest BCUT2D eigenvalue weighted by Gasteiger charge is -2.10. The van der Waals surface area contributed by atoms with E-state index in [9.17, 15) is 9.59 Å². The van der Waals surface area contributed by atoms with Crippen LogP contribution in [0.15, 0.2) is 34.9 Å². The van der Waals surface area contributed by atoms with Gasteiger partial charge >= 0.3 is 11.9 Å². The Hall–Kier alpha value is -1.88. The fraction of sp³-hybridized carbons (Fsp3) is 0.579. The lowest BCUT2D eigenvalue weighted by molar-refractivity contribution is -0.145. The Labute approximate surface area is 145 Å². The van der Waals surface area contributed by atoms with E-state index in [1.807, 2.05) is 13.0 Å². The van der Waals surface area contributed by atoms with Gasteiger partial charge in [0.2, 0.25) is 0 Å². The zero-order valence-corrected chi connectivity index (χ0v) is 15.3. The number of carbonyl (C=O) groups is 2. The summed E-state index contributed by atoms with van der Waals surface area (Å²) in [7, 11) is 0. The number of carboxylic acid groups (broad SMARTS) is 2. The second-order valence-electron chi connectivity index (χ2n) is 6.36. The van der Waals surface area contributed by atoms with Crippen molar-refractivity contribution in [2.45, 2.75) is 65.8 Å². The number of allylic oxidation sites excluding steroid dienone is 5. The third-order valence-corrected chi connectivity index (χ3v) is 3.61. The zero-order chi connectivity index (χ0) is 18.5. The minimum atomic E-state index is -1.14. The molecule has 0 aliphatic rings. The third kappa shape index (κ3) is 12.6. The van der Waals surface area contributed by atoms with E-state index >= 15 is 0 Å². The average molecular weight is 337 g/mol. The topological polar surface area (TPSA) is 86.6 Å². The number of aliphatic carboxylic acids is 2. The summed E-state index contributed by atoms with van der Waals surface area (Å²) in [6.45, 7) is 8.71. The first kappa shape index (κ1) is 22.1. The zero-order valence-electron chi connectivity index (χ0n) is 15.3. The Morgan fingerprint density at radius 3 is 1.96 bits per heavy atom. The fourth-order valence-corrected chi connectivity index (χ4v) is 2.14. The molecule has 0 spiro atoms. The second-order valence-corrected chi connectivity index (χ2v) is 6.36. The Balaban J connectivity index is 4.16. The summed E-state index contributed by atoms with van der Waals surface area (Å²) in [5.74, 6) is -2.26. The molecule has 0 radical (unpaired) electrons. The average Bonchev–Trinajstić information content (AvgIpc) is 2.45. The summed E-state index contributed by atoms with van der Waals surface area (Å²) in [6, 6.07) is -1.05. The van der Waals surface area contributed by atoms with E-state index in [0.29, 0.717) is 6.54 Å². The lowest BCUT2D eigenvalue weighted by Crippen LogP contribution is -2.38. The van der Waals surface area contributed by atoms with E-state index in [1.54, 1.807) is 0 Å². The first-order chi connectivity index (χ1) is 11.2. The molecule has 24 heavy (non-hydrogen) atoms. The van der Waals surface area contributed by atoms with Crippen LogP contribution in [0.2, 0.25) is 0 Å². The molecule has 0 aliphatic carbocycles. The molecular formula is C19H31NO4. The fourth-order valence-electron chi connectivity index (χ4n) is 2.14. The maximum absolute atomic E-state index is 10.9. The van der Waals surface area contributed by atoms with Crippen LogP contribution >= 0.6 is 0 Å². The molecule has 0 aromatic carbocycles. The van der Waals surface area contributed by atoms with Crippen LogP contribution in [0.3, 0.4) is 0 Å². The van der Waals surface area contributed by atoms with Gasteiger partial charge in [-0.15, -0.1) is 0 Å². The highest BCUT2D eigenvalue weighted by atomic mass is 16.4. The molecule has 3 N–H and O–H groups in total. The molecule has 1 unspecified atom stereocenters. The van der Waals surface area contributed by atoms with Crippen LogP contribution in [-0.4, -0.2) is 34.7 Å². The first-order valence-corrected chi connectivity index (χ1v) is 8.35.